The van der Waals surface area contributed by atoms with E-state index in [0.29, 0.717) is 11.3 Å². The molecule has 0 aliphatic rings. The normalized spacial score (nSPS) is 12.8. The van der Waals surface area contributed by atoms with Crippen molar-refractivity contribution in [2.24, 2.45) is 0 Å². The van der Waals surface area contributed by atoms with Crippen molar-refractivity contribution in [3.63, 3.8) is 0 Å². The number of imidazole rings is 1. The van der Waals surface area contributed by atoms with E-state index in [1.54, 1.807) is 36.0 Å². The summed E-state index contributed by atoms with van der Waals surface area (Å²) in [5.41, 5.74) is 0.925. The molecule has 1 heterocycles. The van der Waals surface area contributed by atoms with Gasteiger partial charge in [0.1, 0.15) is 11.6 Å². The van der Waals surface area contributed by atoms with Crippen LogP contribution in [0.4, 0.5) is 4.39 Å². The summed E-state index contributed by atoms with van der Waals surface area (Å²) in [6.07, 6.45) is 2.54. The Hall–Kier alpha value is -1.68. The molecule has 16 heavy (non-hydrogen) atoms. The molecule has 0 fully saturated rings. The van der Waals surface area contributed by atoms with Crippen molar-refractivity contribution in [3.05, 3.63) is 47.8 Å². The molecule has 0 saturated carbocycles. The van der Waals surface area contributed by atoms with Crippen LogP contribution in [-0.4, -0.2) is 14.7 Å². The van der Waals surface area contributed by atoms with E-state index < -0.39 is 11.9 Å². The van der Waals surface area contributed by atoms with Crippen molar-refractivity contribution in [2.75, 3.05) is 0 Å². The van der Waals surface area contributed by atoms with Crippen molar-refractivity contribution >= 4 is 0 Å². The predicted molar refractivity (Wildman–Crippen MR) is 58.9 cm³/mol. The number of aliphatic hydroxyl groups excluding tert-OH is 1. The van der Waals surface area contributed by atoms with E-state index >= 15 is 0 Å². The quantitative estimate of drug-likeness (QED) is 0.843. The molecule has 0 saturated heterocycles. The maximum Gasteiger partial charge on any atom is 0.131 e. The van der Waals surface area contributed by atoms with Gasteiger partial charge in [0.05, 0.1) is 11.8 Å². The monoisotopic (exact) mass is 220 g/mol. The number of rotatable bonds is 2. The van der Waals surface area contributed by atoms with Gasteiger partial charge in [-0.05, 0) is 26.0 Å². The first kappa shape index (κ1) is 10.8. The summed E-state index contributed by atoms with van der Waals surface area (Å²) in [5, 5.41) is 9.60. The van der Waals surface area contributed by atoms with Crippen LogP contribution in [0.3, 0.4) is 0 Å². The van der Waals surface area contributed by atoms with Crippen LogP contribution in [0.25, 0.3) is 5.69 Å². The van der Waals surface area contributed by atoms with Crippen LogP contribution in [0.2, 0.25) is 0 Å². The highest BCUT2D eigenvalue weighted by Crippen LogP contribution is 2.25. The molecule has 1 unspecified atom stereocenters. The third-order valence-corrected chi connectivity index (χ3v) is 2.53. The van der Waals surface area contributed by atoms with Crippen molar-refractivity contribution < 1.29 is 9.50 Å². The van der Waals surface area contributed by atoms with E-state index in [4.69, 9.17) is 0 Å². The second-order valence-corrected chi connectivity index (χ2v) is 3.69. The number of hydrogen-bond acceptors (Lipinski definition) is 2. The first-order valence-electron chi connectivity index (χ1n) is 5.08. The molecular formula is C12H13FN2O. The maximum atomic E-state index is 13.6. The molecule has 84 valence electrons. The third-order valence-electron chi connectivity index (χ3n) is 2.53. The zero-order chi connectivity index (χ0) is 11.7. The Morgan fingerprint density at radius 3 is 2.75 bits per heavy atom. The summed E-state index contributed by atoms with van der Waals surface area (Å²) >= 11 is 0. The summed E-state index contributed by atoms with van der Waals surface area (Å²) in [6, 6.07) is 4.73. The van der Waals surface area contributed by atoms with Gasteiger partial charge in [-0.15, -0.1) is 0 Å². The van der Waals surface area contributed by atoms with Gasteiger partial charge in [-0.2, -0.15) is 0 Å². The molecule has 3 nitrogen and oxygen atoms in total. The minimum Gasteiger partial charge on any atom is -0.389 e. The van der Waals surface area contributed by atoms with Gasteiger partial charge in [0.25, 0.3) is 0 Å². The van der Waals surface area contributed by atoms with Crippen LogP contribution >= 0.6 is 0 Å². The average molecular weight is 220 g/mol. The van der Waals surface area contributed by atoms with Gasteiger partial charge < -0.3 is 9.67 Å². The van der Waals surface area contributed by atoms with Gasteiger partial charge in [-0.3, -0.25) is 0 Å². The third kappa shape index (κ3) is 1.72. The number of aryl methyl sites for hydroxylation is 1. The van der Waals surface area contributed by atoms with E-state index in [2.05, 4.69) is 4.98 Å². The van der Waals surface area contributed by atoms with E-state index in [1.165, 1.54) is 6.07 Å². The lowest BCUT2D eigenvalue weighted by molar-refractivity contribution is 0.194. The molecule has 4 heteroatoms. The number of aliphatic hydroxyl groups is 1. The van der Waals surface area contributed by atoms with Gasteiger partial charge in [0.15, 0.2) is 0 Å². The van der Waals surface area contributed by atoms with Crippen LogP contribution in [-0.2, 0) is 0 Å². The van der Waals surface area contributed by atoms with Crippen molar-refractivity contribution in [2.45, 2.75) is 20.0 Å². The van der Waals surface area contributed by atoms with E-state index in [9.17, 15) is 9.50 Å². The highest BCUT2D eigenvalue weighted by molar-refractivity contribution is 5.44. The Morgan fingerprint density at radius 1 is 1.44 bits per heavy atom. The minimum atomic E-state index is -0.849. The standard InChI is InChI=1S/C12H13FN2O/c1-8(16)12-10(13)4-3-5-11(12)15-7-6-14-9(15)2/h3-8,16H,1-2H3. The highest BCUT2D eigenvalue weighted by atomic mass is 19.1. The fraction of sp³-hybridized carbons (Fsp3) is 0.250. The smallest absolute Gasteiger partial charge is 0.131 e. The molecular weight excluding hydrogens is 207 g/mol. The maximum absolute atomic E-state index is 13.6. The van der Waals surface area contributed by atoms with E-state index in [1.807, 2.05) is 6.92 Å². The molecule has 1 atom stereocenters. The first-order chi connectivity index (χ1) is 7.61. The van der Waals surface area contributed by atoms with Crippen LogP contribution in [0.1, 0.15) is 24.4 Å². The summed E-state index contributed by atoms with van der Waals surface area (Å²) in [7, 11) is 0. The number of aromatic nitrogens is 2. The number of halogens is 1. The zero-order valence-corrected chi connectivity index (χ0v) is 9.18. The van der Waals surface area contributed by atoms with Gasteiger partial charge >= 0.3 is 0 Å². The average Bonchev–Trinajstić information content (AvgIpc) is 2.63. The Labute approximate surface area is 93.2 Å². The van der Waals surface area contributed by atoms with Crippen LogP contribution in [0.5, 0.6) is 0 Å². The number of hydrogen-bond donors (Lipinski definition) is 1. The van der Waals surface area contributed by atoms with Gasteiger partial charge in [-0.25, -0.2) is 9.37 Å². The fourth-order valence-electron chi connectivity index (χ4n) is 1.78. The Balaban J connectivity index is 2.66. The van der Waals surface area contributed by atoms with Crippen LogP contribution in [0, 0.1) is 12.7 Å². The van der Waals surface area contributed by atoms with Gasteiger partial charge in [0.2, 0.25) is 0 Å². The zero-order valence-electron chi connectivity index (χ0n) is 9.18. The number of benzene rings is 1. The van der Waals surface area contributed by atoms with Crippen molar-refractivity contribution in [1.29, 1.82) is 0 Å². The molecule has 0 aliphatic carbocycles. The van der Waals surface area contributed by atoms with Crippen LogP contribution in [0.15, 0.2) is 30.6 Å². The first-order valence-corrected chi connectivity index (χ1v) is 5.08. The topological polar surface area (TPSA) is 38.0 Å². The Morgan fingerprint density at radius 2 is 2.19 bits per heavy atom. The molecule has 0 amide bonds. The van der Waals surface area contributed by atoms with Crippen molar-refractivity contribution in [3.8, 4) is 5.69 Å². The number of nitrogens with zero attached hydrogens (tertiary/aromatic N) is 2. The molecule has 0 radical (unpaired) electrons. The second kappa shape index (κ2) is 4.06. The molecule has 1 aromatic carbocycles. The van der Waals surface area contributed by atoms with Gasteiger partial charge in [-0.1, -0.05) is 6.07 Å². The largest absolute Gasteiger partial charge is 0.389 e. The van der Waals surface area contributed by atoms with Gasteiger partial charge in [0, 0.05) is 18.0 Å². The SMILES string of the molecule is Cc1nccn1-c1cccc(F)c1C(C)O. The molecule has 0 spiro atoms. The van der Waals surface area contributed by atoms with Crippen molar-refractivity contribution in [1.82, 2.24) is 9.55 Å². The molecule has 0 bridgehead atoms. The second-order valence-electron chi connectivity index (χ2n) is 3.69. The summed E-state index contributed by atoms with van der Waals surface area (Å²) in [4.78, 5) is 4.08. The predicted octanol–water partition coefficient (Wildman–Crippen LogP) is 2.37. The fourth-order valence-corrected chi connectivity index (χ4v) is 1.78. The molecule has 1 N–H and O–H groups in total. The summed E-state index contributed by atoms with van der Waals surface area (Å²) < 4.78 is 15.4. The van der Waals surface area contributed by atoms with E-state index in [0.717, 1.165) is 5.82 Å². The molecule has 2 rings (SSSR count). The Kier molecular flexibility index (Phi) is 2.75. The Bertz CT molecular complexity index is 505. The summed E-state index contributed by atoms with van der Waals surface area (Å²) in [5.74, 6) is 0.355. The molecule has 2 aromatic rings. The lowest BCUT2D eigenvalue weighted by Gasteiger charge is -2.14. The molecule has 0 aliphatic heterocycles. The molecule has 1 aromatic heterocycles. The van der Waals surface area contributed by atoms with Crippen LogP contribution < -0.4 is 0 Å². The van der Waals surface area contributed by atoms with E-state index in [-0.39, 0.29) is 0 Å². The minimum absolute atomic E-state index is 0.295. The summed E-state index contributed by atoms with van der Waals surface area (Å²) in [6.45, 7) is 3.38. The lowest BCUT2D eigenvalue weighted by Crippen LogP contribution is -2.05. The lowest BCUT2D eigenvalue weighted by atomic mass is 10.1. The highest BCUT2D eigenvalue weighted by Gasteiger charge is 2.15.